The van der Waals surface area contributed by atoms with Crippen LogP contribution in [0.1, 0.15) is 47.2 Å². The van der Waals surface area contributed by atoms with Gasteiger partial charge in [-0.25, -0.2) is 4.79 Å². The van der Waals surface area contributed by atoms with Crippen molar-refractivity contribution in [3.63, 3.8) is 0 Å². The Balaban J connectivity index is 1.40. The summed E-state index contributed by atoms with van der Waals surface area (Å²) in [6, 6.07) is 14.0. The van der Waals surface area contributed by atoms with Gasteiger partial charge in [-0.15, -0.1) is 0 Å². The number of carbonyl (C=O) groups excluding carboxylic acids is 3. The number of carbonyl (C=O) groups is 3. The summed E-state index contributed by atoms with van der Waals surface area (Å²) in [5.41, 5.74) is 2.23. The van der Waals surface area contributed by atoms with Gasteiger partial charge in [0.05, 0.1) is 24.7 Å². The van der Waals surface area contributed by atoms with Crippen LogP contribution >= 0.6 is 11.6 Å². The summed E-state index contributed by atoms with van der Waals surface area (Å²) < 4.78 is 11.3. The predicted molar refractivity (Wildman–Crippen MR) is 143 cm³/mol. The largest absolute Gasteiger partial charge is 0.379 e. The molecule has 1 aliphatic carbocycles. The van der Waals surface area contributed by atoms with E-state index in [1.807, 2.05) is 35.2 Å². The van der Waals surface area contributed by atoms with E-state index in [0.717, 1.165) is 37.1 Å². The van der Waals surface area contributed by atoms with Crippen molar-refractivity contribution in [2.45, 2.75) is 57.0 Å². The van der Waals surface area contributed by atoms with Crippen LogP contribution in [-0.4, -0.2) is 78.1 Å². The number of rotatable bonds is 7. The molecule has 0 spiro atoms. The van der Waals surface area contributed by atoms with Gasteiger partial charge in [-0.05, 0) is 55.0 Å². The first kappa shape index (κ1) is 26.7. The summed E-state index contributed by atoms with van der Waals surface area (Å²) in [6.07, 6.45) is 2.57. The van der Waals surface area contributed by atoms with Crippen molar-refractivity contribution < 1.29 is 23.9 Å². The third-order valence-electron chi connectivity index (χ3n) is 8.14. The molecule has 4 amide bonds. The van der Waals surface area contributed by atoms with Gasteiger partial charge >= 0.3 is 6.03 Å². The number of likely N-dealkylation sites (tertiary alicyclic amines) is 1. The first-order valence-corrected chi connectivity index (χ1v) is 13.6. The number of imide groups is 1. The van der Waals surface area contributed by atoms with Crippen LogP contribution in [0.5, 0.6) is 0 Å². The lowest BCUT2D eigenvalue weighted by atomic mass is 9.77. The lowest BCUT2D eigenvalue weighted by Gasteiger charge is -2.50. The van der Waals surface area contributed by atoms with Gasteiger partial charge in [0.25, 0.3) is 5.91 Å². The summed E-state index contributed by atoms with van der Waals surface area (Å²) in [6.45, 7) is 1.99. The second kappa shape index (κ2) is 11.4. The summed E-state index contributed by atoms with van der Waals surface area (Å²) in [4.78, 5) is 45.3. The lowest BCUT2D eigenvalue weighted by Crippen LogP contribution is -2.64. The van der Waals surface area contributed by atoms with Gasteiger partial charge < -0.3 is 19.3 Å². The summed E-state index contributed by atoms with van der Waals surface area (Å²) in [5.74, 6) is -0.597. The Morgan fingerprint density at radius 2 is 1.58 bits per heavy atom. The minimum Gasteiger partial charge on any atom is -0.379 e. The van der Waals surface area contributed by atoms with Gasteiger partial charge in [-0.3, -0.25) is 14.5 Å². The van der Waals surface area contributed by atoms with Gasteiger partial charge in [-0.2, -0.15) is 0 Å². The third-order valence-corrected chi connectivity index (χ3v) is 8.51. The Hall–Kier alpha value is -2.94. The fraction of sp³-hybridized carbons (Fsp3) is 0.483. The van der Waals surface area contributed by atoms with Crippen molar-refractivity contribution in [3.05, 3.63) is 70.2 Å². The molecule has 0 aromatic heterocycles. The number of ether oxygens (including phenoxy) is 2. The number of hydrogen-bond donors (Lipinski definition) is 0. The second-order valence-corrected chi connectivity index (χ2v) is 10.7. The normalized spacial score (nSPS) is 25.6. The number of benzene rings is 2. The zero-order chi connectivity index (χ0) is 26.8. The highest BCUT2D eigenvalue weighted by molar-refractivity contribution is 6.31. The number of hydrogen-bond acceptors (Lipinski definition) is 5. The van der Waals surface area contributed by atoms with Crippen molar-refractivity contribution in [1.82, 2.24) is 14.7 Å². The molecule has 202 valence electrons. The molecule has 2 heterocycles. The molecular weight excluding hydrogens is 506 g/mol. The molecule has 2 aromatic carbocycles. The van der Waals surface area contributed by atoms with Crippen molar-refractivity contribution in [2.24, 2.45) is 5.92 Å². The maximum absolute atomic E-state index is 13.9. The molecule has 2 saturated heterocycles. The van der Waals surface area contributed by atoms with Crippen molar-refractivity contribution in [3.8, 4) is 0 Å². The van der Waals surface area contributed by atoms with E-state index in [4.69, 9.17) is 21.1 Å². The Labute approximate surface area is 228 Å². The van der Waals surface area contributed by atoms with Gasteiger partial charge in [0.15, 0.2) is 0 Å². The molecule has 0 N–H and O–H groups in total. The van der Waals surface area contributed by atoms with Crippen LogP contribution in [0.4, 0.5) is 4.79 Å². The monoisotopic (exact) mass is 539 g/mol. The van der Waals surface area contributed by atoms with Crippen LogP contribution in [0.25, 0.3) is 0 Å². The highest BCUT2D eigenvalue weighted by atomic mass is 35.5. The lowest BCUT2D eigenvalue weighted by molar-refractivity contribution is -0.152. The maximum Gasteiger partial charge on any atom is 0.327 e. The van der Waals surface area contributed by atoms with Crippen LogP contribution in [0.3, 0.4) is 0 Å². The van der Waals surface area contributed by atoms with E-state index < -0.39 is 5.92 Å². The Morgan fingerprint density at radius 3 is 2.24 bits per heavy atom. The van der Waals surface area contributed by atoms with Gasteiger partial charge in [0.2, 0.25) is 5.91 Å². The smallest absolute Gasteiger partial charge is 0.327 e. The van der Waals surface area contributed by atoms with Crippen LogP contribution < -0.4 is 0 Å². The second-order valence-electron chi connectivity index (χ2n) is 10.3. The van der Waals surface area contributed by atoms with E-state index in [-0.39, 0.29) is 42.6 Å². The quantitative estimate of drug-likeness (QED) is 0.523. The summed E-state index contributed by atoms with van der Waals surface area (Å²) in [7, 11) is 3.26. The predicted octanol–water partition coefficient (Wildman–Crippen LogP) is 4.35. The Bertz CT molecular complexity index is 1180. The van der Waals surface area contributed by atoms with Crippen molar-refractivity contribution in [1.29, 1.82) is 0 Å². The fourth-order valence-corrected chi connectivity index (χ4v) is 6.18. The van der Waals surface area contributed by atoms with E-state index in [1.54, 1.807) is 37.3 Å². The van der Waals surface area contributed by atoms with Crippen molar-refractivity contribution in [2.75, 3.05) is 27.3 Å². The number of urea groups is 1. The van der Waals surface area contributed by atoms with E-state index >= 15 is 0 Å². The molecule has 0 bridgehead atoms. The fourth-order valence-electron chi connectivity index (χ4n) is 5.99. The molecule has 38 heavy (non-hydrogen) atoms. The van der Waals surface area contributed by atoms with Crippen LogP contribution in [0.2, 0.25) is 5.02 Å². The van der Waals surface area contributed by atoms with Crippen LogP contribution in [0.15, 0.2) is 48.5 Å². The SMILES string of the molecule is COC1CC2C(=O)N(Cc3ccc(C(=O)N4CCCC4)cc3)C(=O)N(Cc3ccccc3Cl)C2CC1OC. The molecule has 3 aliphatic rings. The molecule has 1 saturated carbocycles. The molecule has 3 fully saturated rings. The molecule has 9 heteroatoms. The van der Waals surface area contributed by atoms with E-state index in [9.17, 15) is 14.4 Å². The summed E-state index contributed by atoms with van der Waals surface area (Å²) in [5, 5.41) is 0.576. The molecule has 4 unspecified atom stereocenters. The van der Waals surface area contributed by atoms with Crippen molar-refractivity contribution >= 4 is 29.4 Å². The average Bonchev–Trinajstić information content (AvgIpc) is 3.49. The topological polar surface area (TPSA) is 79.4 Å². The highest BCUT2D eigenvalue weighted by Gasteiger charge is 2.51. The number of halogens is 1. The first-order valence-electron chi connectivity index (χ1n) is 13.2. The molecule has 0 radical (unpaired) electrons. The number of methoxy groups -OCH3 is 2. The number of amides is 4. The molecule has 2 aliphatic heterocycles. The van der Waals surface area contributed by atoms with Gasteiger partial charge in [0.1, 0.15) is 0 Å². The average molecular weight is 540 g/mol. The highest BCUT2D eigenvalue weighted by Crippen LogP contribution is 2.38. The molecular formula is C29H34ClN3O5. The molecule has 4 atom stereocenters. The number of fused-ring (bicyclic) bond motifs is 1. The van der Waals surface area contributed by atoms with E-state index in [0.29, 0.717) is 30.0 Å². The minimum absolute atomic E-state index is 0.0217. The number of nitrogens with zero attached hydrogens (tertiary/aromatic N) is 3. The summed E-state index contributed by atoms with van der Waals surface area (Å²) >= 11 is 6.46. The molecule has 2 aromatic rings. The third kappa shape index (κ3) is 5.17. The first-order chi connectivity index (χ1) is 18.4. The molecule has 8 nitrogen and oxygen atoms in total. The van der Waals surface area contributed by atoms with Crippen LogP contribution in [-0.2, 0) is 27.4 Å². The minimum atomic E-state index is -0.414. The van der Waals surface area contributed by atoms with E-state index in [2.05, 4.69) is 0 Å². The standard InChI is InChI=1S/C29H34ClN3O5/c1-37-25-15-22-24(16-26(25)38-2)32(18-21-7-3-4-8-23(21)30)29(36)33(28(22)35)17-19-9-11-20(12-10-19)27(34)31-13-5-6-14-31/h3-4,7-12,22,24-26H,5-6,13-18H2,1-2H3. The Morgan fingerprint density at radius 1 is 0.921 bits per heavy atom. The van der Waals surface area contributed by atoms with Crippen LogP contribution in [0, 0.1) is 5.92 Å². The van der Waals surface area contributed by atoms with Gasteiger partial charge in [0, 0.05) is 50.5 Å². The zero-order valence-corrected chi connectivity index (χ0v) is 22.6. The Kier molecular flexibility index (Phi) is 8.02. The zero-order valence-electron chi connectivity index (χ0n) is 21.8. The van der Waals surface area contributed by atoms with Gasteiger partial charge in [-0.1, -0.05) is 41.9 Å². The molecule has 5 rings (SSSR count). The maximum atomic E-state index is 13.9. The van der Waals surface area contributed by atoms with E-state index in [1.165, 1.54) is 4.90 Å².